The van der Waals surface area contributed by atoms with Gasteiger partial charge in [-0.05, 0) is 45.1 Å². The summed E-state index contributed by atoms with van der Waals surface area (Å²) in [5, 5.41) is 0. The Balaban J connectivity index is 4.49. The van der Waals surface area contributed by atoms with Crippen LogP contribution in [0.5, 0.6) is 0 Å². The van der Waals surface area contributed by atoms with E-state index in [9.17, 15) is 0 Å². The van der Waals surface area contributed by atoms with Gasteiger partial charge in [0, 0.05) is 12.6 Å². The first-order valence-corrected chi connectivity index (χ1v) is 12.6. The van der Waals surface area contributed by atoms with E-state index in [4.69, 9.17) is 0 Å². The fraction of sp³-hybridized carbons (Fsp3) is 0.923. The van der Waals surface area contributed by atoms with Crippen LogP contribution in [0.15, 0.2) is 12.2 Å². The van der Waals surface area contributed by atoms with Crippen molar-refractivity contribution in [2.24, 2.45) is 0 Å². The molecule has 27 heavy (non-hydrogen) atoms. The molecule has 0 aliphatic heterocycles. The van der Waals surface area contributed by atoms with Crippen molar-refractivity contribution in [1.29, 1.82) is 0 Å². The van der Waals surface area contributed by atoms with Crippen LogP contribution in [0.2, 0.25) is 0 Å². The van der Waals surface area contributed by atoms with E-state index in [1.54, 1.807) is 0 Å². The zero-order chi connectivity index (χ0) is 20.2. The third-order valence-electron chi connectivity index (χ3n) is 5.95. The first kappa shape index (κ1) is 26.7. The van der Waals surface area contributed by atoms with E-state index in [0.717, 1.165) is 6.04 Å². The Morgan fingerprint density at radius 2 is 1.11 bits per heavy atom. The minimum Gasteiger partial charge on any atom is -0.300 e. The van der Waals surface area contributed by atoms with Crippen molar-refractivity contribution in [3.63, 3.8) is 0 Å². The second-order valence-electron chi connectivity index (χ2n) is 8.70. The molecule has 0 bridgehead atoms. The molecular weight excluding hydrogens is 326 g/mol. The molecule has 0 aromatic carbocycles. The number of hydrogen-bond acceptors (Lipinski definition) is 1. The maximum Gasteiger partial charge on any atom is 0.00953 e. The van der Waals surface area contributed by atoms with Crippen LogP contribution in [0.4, 0.5) is 0 Å². The lowest BCUT2D eigenvalue weighted by atomic mass is 9.98. The first-order chi connectivity index (χ1) is 13.2. The lowest BCUT2D eigenvalue weighted by Gasteiger charge is -2.32. The van der Waals surface area contributed by atoms with Crippen LogP contribution in [0.3, 0.4) is 0 Å². The Kier molecular flexibility index (Phi) is 20.2. The zero-order valence-corrected chi connectivity index (χ0v) is 19.7. The van der Waals surface area contributed by atoms with Crippen molar-refractivity contribution in [2.45, 2.75) is 143 Å². The maximum absolute atomic E-state index is 4.37. The Bertz CT molecular complexity index is 309. The standard InChI is InChI=1S/C26H53N/c1-6-10-13-15-18-21-26(20-17-14-11-7-2)27(23-9-4)24-22-25(5)19-16-12-8-3/h26H,5-24H2,1-4H3. The van der Waals surface area contributed by atoms with Gasteiger partial charge in [0.2, 0.25) is 0 Å². The summed E-state index contributed by atoms with van der Waals surface area (Å²) in [5.74, 6) is 0. The van der Waals surface area contributed by atoms with Crippen LogP contribution in [0, 0.1) is 0 Å². The molecule has 0 amide bonds. The van der Waals surface area contributed by atoms with Gasteiger partial charge in [-0.25, -0.2) is 0 Å². The van der Waals surface area contributed by atoms with Gasteiger partial charge in [0.25, 0.3) is 0 Å². The lowest BCUT2D eigenvalue weighted by molar-refractivity contribution is 0.171. The molecule has 0 N–H and O–H groups in total. The monoisotopic (exact) mass is 379 g/mol. The average molecular weight is 380 g/mol. The highest BCUT2D eigenvalue weighted by atomic mass is 15.1. The van der Waals surface area contributed by atoms with E-state index in [0.29, 0.717) is 0 Å². The van der Waals surface area contributed by atoms with Crippen LogP contribution in [0.1, 0.15) is 137 Å². The van der Waals surface area contributed by atoms with Crippen LogP contribution in [0.25, 0.3) is 0 Å². The molecule has 0 aliphatic carbocycles. The Labute approximate surface area is 173 Å². The number of hydrogen-bond donors (Lipinski definition) is 0. The van der Waals surface area contributed by atoms with Crippen LogP contribution < -0.4 is 0 Å². The molecule has 1 atom stereocenters. The molecule has 0 aliphatic rings. The second-order valence-corrected chi connectivity index (χ2v) is 8.70. The highest BCUT2D eigenvalue weighted by Crippen LogP contribution is 2.20. The molecule has 1 nitrogen and oxygen atoms in total. The molecule has 0 radical (unpaired) electrons. The summed E-state index contributed by atoms with van der Waals surface area (Å²) >= 11 is 0. The zero-order valence-electron chi connectivity index (χ0n) is 19.7. The van der Waals surface area contributed by atoms with Gasteiger partial charge in [0.05, 0.1) is 0 Å². The van der Waals surface area contributed by atoms with Crippen LogP contribution >= 0.6 is 0 Å². The molecule has 0 saturated carbocycles. The van der Waals surface area contributed by atoms with Crippen LogP contribution in [-0.4, -0.2) is 24.0 Å². The average Bonchev–Trinajstić information content (AvgIpc) is 2.67. The predicted octanol–water partition coefficient (Wildman–Crippen LogP) is 8.92. The topological polar surface area (TPSA) is 3.24 Å². The smallest absolute Gasteiger partial charge is 0.00953 e. The molecule has 0 rings (SSSR count). The first-order valence-electron chi connectivity index (χ1n) is 12.6. The highest BCUT2D eigenvalue weighted by molar-refractivity contribution is 4.95. The van der Waals surface area contributed by atoms with E-state index in [2.05, 4.69) is 39.2 Å². The summed E-state index contributed by atoms with van der Waals surface area (Å²) < 4.78 is 0. The van der Waals surface area contributed by atoms with Crippen molar-refractivity contribution in [2.75, 3.05) is 13.1 Å². The van der Waals surface area contributed by atoms with Gasteiger partial charge in [-0.1, -0.05) is 110 Å². The predicted molar refractivity (Wildman–Crippen MR) is 126 cm³/mol. The highest BCUT2D eigenvalue weighted by Gasteiger charge is 2.17. The molecule has 162 valence electrons. The maximum atomic E-state index is 4.37. The second kappa shape index (κ2) is 20.4. The number of nitrogens with zero attached hydrogens (tertiary/aromatic N) is 1. The van der Waals surface area contributed by atoms with Gasteiger partial charge >= 0.3 is 0 Å². The molecule has 1 heteroatoms. The van der Waals surface area contributed by atoms with Gasteiger partial charge in [-0.2, -0.15) is 0 Å². The van der Waals surface area contributed by atoms with Crippen molar-refractivity contribution in [1.82, 2.24) is 4.90 Å². The van der Waals surface area contributed by atoms with Crippen molar-refractivity contribution in [3.05, 3.63) is 12.2 Å². The summed E-state index contributed by atoms with van der Waals surface area (Å²) in [5.41, 5.74) is 1.48. The molecule has 0 fully saturated rings. The molecule has 0 aromatic heterocycles. The third kappa shape index (κ3) is 16.4. The summed E-state index contributed by atoms with van der Waals surface area (Å²) in [6.07, 6.45) is 23.2. The van der Waals surface area contributed by atoms with E-state index in [1.807, 2.05) is 0 Å². The SMILES string of the molecule is C=C(CCCCC)CCN(CCC)C(CCCCCC)CCCCCCC. The fourth-order valence-corrected chi connectivity index (χ4v) is 4.12. The summed E-state index contributed by atoms with van der Waals surface area (Å²) in [6, 6.07) is 0.812. The number of unbranched alkanes of at least 4 members (excludes halogenated alkanes) is 9. The van der Waals surface area contributed by atoms with E-state index in [1.165, 1.54) is 128 Å². The largest absolute Gasteiger partial charge is 0.300 e. The minimum absolute atomic E-state index is 0.812. The normalized spacial score (nSPS) is 12.6. The Hall–Kier alpha value is -0.300. The lowest BCUT2D eigenvalue weighted by Crippen LogP contribution is -2.37. The molecule has 0 heterocycles. The van der Waals surface area contributed by atoms with Gasteiger partial charge in [0.1, 0.15) is 0 Å². The molecule has 0 saturated heterocycles. The fourth-order valence-electron chi connectivity index (χ4n) is 4.12. The summed E-state index contributed by atoms with van der Waals surface area (Å²) in [6.45, 7) is 16.2. The molecule has 1 unspecified atom stereocenters. The molecular formula is C26H53N. The van der Waals surface area contributed by atoms with E-state index < -0.39 is 0 Å². The van der Waals surface area contributed by atoms with Gasteiger partial charge in [-0.15, -0.1) is 0 Å². The van der Waals surface area contributed by atoms with Crippen molar-refractivity contribution < 1.29 is 0 Å². The molecule has 0 aromatic rings. The van der Waals surface area contributed by atoms with Gasteiger partial charge in [-0.3, -0.25) is 0 Å². The Morgan fingerprint density at radius 1 is 0.593 bits per heavy atom. The summed E-state index contributed by atoms with van der Waals surface area (Å²) in [7, 11) is 0. The minimum atomic E-state index is 0.812. The van der Waals surface area contributed by atoms with E-state index >= 15 is 0 Å². The third-order valence-corrected chi connectivity index (χ3v) is 5.95. The quantitative estimate of drug-likeness (QED) is 0.142. The Morgan fingerprint density at radius 3 is 1.67 bits per heavy atom. The van der Waals surface area contributed by atoms with E-state index in [-0.39, 0.29) is 0 Å². The molecule has 0 spiro atoms. The van der Waals surface area contributed by atoms with Crippen LogP contribution in [-0.2, 0) is 0 Å². The van der Waals surface area contributed by atoms with Gasteiger partial charge < -0.3 is 4.90 Å². The number of rotatable bonds is 21. The van der Waals surface area contributed by atoms with Gasteiger partial charge in [0.15, 0.2) is 0 Å². The summed E-state index contributed by atoms with van der Waals surface area (Å²) in [4.78, 5) is 2.83. The van der Waals surface area contributed by atoms with Crippen molar-refractivity contribution in [3.8, 4) is 0 Å². The van der Waals surface area contributed by atoms with Crippen molar-refractivity contribution >= 4 is 0 Å².